The van der Waals surface area contributed by atoms with Crippen LogP contribution in [0, 0.1) is 5.82 Å². The van der Waals surface area contributed by atoms with E-state index in [1.165, 1.54) is 12.4 Å². The maximum absolute atomic E-state index is 14.4. The van der Waals surface area contributed by atoms with Crippen LogP contribution in [0.4, 0.5) is 15.8 Å². The standard InChI is InChI=1S/C15H22FN5OS/c1-11(23)19-7-13-8-21(10-22-13)12-2-3-15(14(16)6-12)20(9-18)5-4-17/h2-3,6,9,13,18H,4-5,7-8,10,17H2,1H3,(H,19,23)/p+1/t13-/m0/s1. The zero-order valence-corrected chi connectivity index (χ0v) is 14.0. The van der Waals surface area contributed by atoms with Gasteiger partial charge in [-0.3, -0.25) is 5.73 Å². The predicted molar refractivity (Wildman–Crippen MR) is 93.9 cm³/mol. The minimum absolute atomic E-state index is 0.0294. The van der Waals surface area contributed by atoms with Gasteiger partial charge in [-0.05, 0) is 19.1 Å². The fraction of sp³-hybridized carbons (Fsp3) is 0.467. The number of nitrogens with one attached hydrogen (secondary N) is 1. The number of hydrogen-bond donors (Lipinski definition) is 3. The Kier molecular flexibility index (Phi) is 6.26. The van der Waals surface area contributed by atoms with Crippen molar-refractivity contribution in [1.82, 2.24) is 5.32 Å². The SMILES string of the molecule is CC(=S)NC[C@H]1CN(c2ccc([N+](=CN)CCN)c(F)c2)CO1. The fourth-order valence-electron chi connectivity index (χ4n) is 2.45. The molecule has 0 radical (unpaired) electrons. The Hall–Kier alpha value is -1.77. The van der Waals surface area contributed by atoms with E-state index in [1.54, 1.807) is 10.6 Å². The van der Waals surface area contributed by atoms with Gasteiger partial charge in [0.1, 0.15) is 13.3 Å². The first-order chi connectivity index (χ1) is 11.0. The van der Waals surface area contributed by atoms with Crippen LogP contribution in [0.15, 0.2) is 18.2 Å². The number of rotatable bonds is 6. The molecule has 0 aliphatic carbocycles. The summed E-state index contributed by atoms with van der Waals surface area (Å²) in [4.78, 5) is 2.72. The van der Waals surface area contributed by atoms with E-state index in [2.05, 4.69) is 5.32 Å². The lowest BCUT2D eigenvalue weighted by atomic mass is 10.2. The van der Waals surface area contributed by atoms with E-state index in [0.717, 1.165) is 10.7 Å². The van der Waals surface area contributed by atoms with Crippen LogP contribution in [-0.4, -0.2) is 54.9 Å². The molecule has 5 N–H and O–H groups in total. The molecule has 1 aromatic carbocycles. The lowest BCUT2D eigenvalue weighted by molar-refractivity contribution is -0.435. The lowest BCUT2D eigenvalue weighted by Gasteiger charge is -2.17. The van der Waals surface area contributed by atoms with Crippen molar-refractivity contribution < 1.29 is 13.7 Å². The van der Waals surface area contributed by atoms with E-state index < -0.39 is 0 Å². The Morgan fingerprint density at radius 1 is 1.61 bits per heavy atom. The summed E-state index contributed by atoms with van der Waals surface area (Å²) >= 11 is 4.99. The Balaban J connectivity index is 2.05. The lowest BCUT2D eigenvalue weighted by Crippen LogP contribution is -2.32. The number of nitrogens with zero attached hydrogens (tertiary/aromatic N) is 2. The third-order valence-corrected chi connectivity index (χ3v) is 3.77. The molecule has 1 saturated heterocycles. The molecule has 6 nitrogen and oxygen atoms in total. The number of anilines is 1. The Morgan fingerprint density at radius 2 is 2.39 bits per heavy atom. The zero-order chi connectivity index (χ0) is 16.8. The van der Waals surface area contributed by atoms with Crippen LogP contribution in [0.3, 0.4) is 0 Å². The predicted octanol–water partition coefficient (Wildman–Crippen LogP) is 0.515. The molecule has 0 spiro atoms. The third kappa shape index (κ3) is 4.60. The van der Waals surface area contributed by atoms with Gasteiger partial charge in [-0.2, -0.15) is 0 Å². The summed E-state index contributed by atoms with van der Waals surface area (Å²) in [6, 6.07) is 5.05. The Bertz CT molecular complexity index is 595. The van der Waals surface area contributed by atoms with Crippen molar-refractivity contribution in [1.29, 1.82) is 0 Å². The van der Waals surface area contributed by atoms with Gasteiger partial charge in [0, 0.05) is 31.4 Å². The zero-order valence-electron chi connectivity index (χ0n) is 13.2. The van der Waals surface area contributed by atoms with Crippen LogP contribution < -0.4 is 21.7 Å². The number of halogens is 1. The summed E-state index contributed by atoms with van der Waals surface area (Å²) < 4.78 is 21.6. The second-order valence-electron chi connectivity index (χ2n) is 5.34. The molecule has 1 heterocycles. The number of thiocarbonyl (C=S) groups is 1. The van der Waals surface area contributed by atoms with E-state index in [9.17, 15) is 4.39 Å². The van der Waals surface area contributed by atoms with Crippen LogP contribution in [-0.2, 0) is 4.74 Å². The first-order valence-electron chi connectivity index (χ1n) is 7.47. The molecule has 1 aliphatic heterocycles. The Morgan fingerprint density at radius 3 is 3.00 bits per heavy atom. The monoisotopic (exact) mass is 340 g/mol. The highest BCUT2D eigenvalue weighted by Crippen LogP contribution is 2.26. The smallest absolute Gasteiger partial charge is 0.235 e. The molecule has 1 aliphatic rings. The van der Waals surface area contributed by atoms with Crippen LogP contribution in [0.25, 0.3) is 0 Å². The van der Waals surface area contributed by atoms with Gasteiger partial charge in [-0.1, -0.05) is 12.2 Å². The summed E-state index contributed by atoms with van der Waals surface area (Å²) in [5, 5.41) is 3.09. The van der Waals surface area contributed by atoms with Crippen LogP contribution in [0.1, 0.15) is 6.92 Å². The van der Waals surface area contributed by atoms with Crippen molar-refractivity contribution in [3.05, 3.63) is 24.0 Å². The number of hydrogen-bond acceptors (Lipinski definition) is 4. The molecule has 0 bridgehead atoms. The molecule has 2 rings (SSSR count). The first kappa shape index (κ1) is 17.6. The summed E-state index contributed by atoms with van der Waals surface area (Å²) in [5.41, 5.74) is 12.2. The topological polar surface area (TPSA) is 79.5 Å². The van der Waals surface area contributed by atoms with Crippen molar-refractivity contribution >= 4 is 34.9 Å². The average molecular weight is 340 g/mol. The van der Waals surface area contributed by atoms with Gasteiger partial charge in [0.25, 0.3) is 0 Å². The van der Waals surface area contributed by atoms with Gasteiger partial charge in [0.05, 0.1) is 11.1 Å². The van der Waals surface area contributed by atoms with Crippen LogP contribution in [0.2, 0.25) is 0 Å². The first-order valence-corrected chi connectivity index (χ1v) is 7.88. The Labute approximate surface area is 140 Å². The van der Waals surface area contributed by atoms with Crippen molar-refractivity contribution in [2.75, 3.05) is 37.8 Å². The molecule has 0 saturated carbocycles. The van der Waals surface area contributed by atoms with Crippen molar-refractivity contribution in [2.45, 2.75) is 13.0 Å². The highest BCUT2D eigenvalue weighted by atomic mass is 32.1. The maximum atomic E-state index is 14.4. The second kappa shape index (κ2) is 8.19. The van der Waals surface area contributed by atoms with E-state index in [-0.39, 0.29) is 11.9 Å². The molecule has 1 atom stereocenters. The molecule has 1 fully saturated rings. The summed E-state index contributed by atoms with van der Waals surface area (Å²) in [6.45, 7) is 4.45. The van der Waals surface area contributed by atoms with Crippen molar-refractivity contribution in [3.63, 3.8) is 0 Å². The van der Waals surface area contributed by atoms with E-state index in [0.29, 0.717) is 38.6 Å². The minimum atomic E-state index is -0.339. The summed E-state index contributed by atoms with van der Waals surface area (Å²) in [5.74, 6) is -0.339. The third-order valence-electron chi connectivity index (χ3n) is 3.62. The maximum Gasteiger partial charge on any atom is 0.235 e. The molecule has 126 valence electrons. The molecule has 0 amide bonds. The number of ether oxygens (including phenoxy) is 1. The molecule has 8 heteroatoms. The molecule has 0 unspecified atom stereocenters. The normalized spacial score (nSPS) is 18.3. The summed E-state index contributed by atoms with van der Waals surface area (Å²) in [7, 11) is 0. The molecule has 23 heavy (non-hydrogen) atoms. The number of nitrogens with two attached hydrogens (primary N) is 2. The van der Waals surface area contributed by atoms with Crippen LogP contribution >= 0.6 is 12.2 Å². The van der Waals surface area contributed by atoms with Crippen molar-refractivity contribution in [3.8, 4) is 0 Å². The molecular weight excluding hydrogens is 317 g/mol. The molecular formula is C15H23FN5OS+. The summed E-state index contributed by atoms with van der Waals surface area (Å²) in [6.07, 6.45) is 1.36. The average Bonchev–Trinajstić information content (AvgIpc) is 3.00. The second-order valence-corrected chi connectivity index (χ2v) is 5.96. The van der Waals surface area contributed by atoms with Crippen LogP contribution in [0.5, 0.6) is 0 Å². The highest BCUT2D eigenvalue weighted by Gasteiger charge is 2.24. The largest absolute Gasteiger partial charge is 0.377 e. The number of benzene rings is 1. The van der Waals surface area contributed by atoms with Gasteiger partial charge >= 0.3 is 0 Å². The van der Waals surface area contributed by atoms with E-state index in [1.807, 2.05) is 17.9 Å². The fourth-order valence-corrected chi connectivity index (χ4v) is 2.53. The van der Waals surface area contributed by atoms with Gasteiger partial charge in [-0.15, -0.1) is 0 Å². The quantitative estimate of drug-likeness (QED) is 0.303. The van der Waals surface area contributed by atoms with Gasteiger partial charge < -0.3 is 20.7 Å². The van der Waals surface area contributed by atoms with E-state index >= 15 is 0 Å². The van der Waals surface area contributed by atoms with E-state index in [4.69, 9.17) is 28.4 Å². The van der Waals surface area contributed by atoms with Crippen molar-refractivity contribution in [2.24, 2.45) is 11.5 Å². The van der Waals surface area contributed by atoms with Gasteiger partial charge in [0.15, 0.2) is 11.5 Å². The highest BCUT2D eigenvalue weighted by molar-refractivity contribution is 7.80. The molecule has 0 aromatic heterocycles. The van der Waals surface area contributed by atoms with Gasteiger partial charge in [0.2, 0.25) is 6.34 Å². The van der Waals surface area contributed by atoms with Gasteiger partial charge in [-0.25, -0.2) is 8.97 Å². The molecule has 1 aromatic rings. The minimum Gasteiger partial charge on any atom is -0.377 e.